The van der Waals surface area contributed by atoms with E-state index in [1.807, 2.05) is 26.0 Å². The minimum absolute atomic E-state index is 0.0390. The average molecular weight is 344 g/mol. The lowest BCUT2D eigenvalue weighted by Gasteiger charge is -2.17. The fourth-order valence-electron chi connectivity index (χ4n) is 2.68. The van der Waals surface area contributed by atoms with E-state index in [0.29, 0.717) is 29.7 Å². The van der Waals surface area contributed by atoms with E-state index in [0.717, 1.165) is 18.4 Å². The molecule has 1 fully saturated rings. The molecule has 2 aromatic rings. The Morgan fingerprint density at radius 2 is 2.04 bits per heavy atom. The number of hydrogen-bond acceptors (Lipinski definition) is 5. The monoisotopic (exact) mass is 344 g/mol. The second-order valence-electron chi connectivity index (χ2n) is 6.74. The normalized spacial score (nSPS) is 15.2. The summed E-state index contributed by atoms with van der Waals surface area (Å²) < 4.78 is 5.26. The van der Waals surface area contributed by atoms with E-state index >= 15 is 0 Å². The summed E-state index contributed by atoms with van der Waals surface area (Å²) in [5.41, 5.74) is 1.49. The zero-order valence-corrected chi connectivity index (χ0v) is 14.5. The third-order valence-electron chi connectivity index (χ3n) is 4.30. The van der Waals surface area contributed by atoms with Crippen LogP contribution in [0.25, 0.3) is 11.5 Å². The van der Waals surface area contributed by atoms with Crippen molar-refractivity contribution in [2.75, 3.05) is 11.9 Å². The molecule has 1 aromatic heterocycles. The van der Waals surface area contributed by atoms with Crippen molar-refractivity contribution < 1.29 is 14.4 Å². The summed E-state index contributed by atoms with van der Waals surface area (Å²) in [6.45, 7) is 4.09. The zero-order chi connectivity index (χ0) is 17.8. The summed E-state index contributed by atoms with van der Waals surface area (Å²) >= 11 is 0. The summed E-state index contributed by atoms with van der Waals surface area (Å²) in [5.74, 6) is 1.84. The van der Waals surface area contributed by atoms with Crippen molar-refractivity contribution in [1.29, 1.82) is 0 Å². The van der Waals surface area contributed by atoms with Gasteiger partial charge in [0.2, 0.25) is 0 Å². The van der Waals surface area contributed by atoms with Gasteiger partial charge in [-0.15, -0.1) is 0 Å². The lowest BCUT2D eigenvalue weighted by Crippen LogP contribution is -2.39. The van der Waals surface area contributed by atoms with E-state index in [1.54, 1.807) is 12.1 Å². The lowest BCUT2D eigenvalue weighted by atomic mass is 10.1. The van der Waals surface area contributed by atoms with Gasteiger partial charge in [0.1, 0.15) is 0 Å². The second kappa shape index (κ2) is 7.65. The van der Waals surface area contributed by atoms with Crippen LogP contribution in [-0.4, -0.2) is 33.9 Å². The van der Waals surface area contributed by atoms with Crippen LogP contribution in [0.3, 0.4) is 0 Å². The molecule has 3 rings (SSSR count). The molecule has 0 radical (unpaired) electrons. The van der Waals surface area contributed by atoms with Crippen molar-refractivity contribution in [3.05, 3.63) is 30.1 Å². The molecule has 0 bridgehead atoms. The number of urea groups is 1. The number of carbonyl (C=O) groups excluding carboxylic acids is 1. The predicted molar refractivity (Wildman–Crippen MR) is 94.2 cm³/mol. The average Bonchev–Trinajstić information content (AvgIpc) is 3.31. The number of rotatable bonds is 7. The number of aromatic nitrogens is 2. The molecule has 0 unspecified atom stereocenters. The first-order chi connectivity index (χ1) is 12.1. The quantitative estimate of drug-likeness (QED) is 0.716. The van der Waals surface area contributed by atoms with E-state index in [2.05, 4.69) is 20.8 Å². The molecule has 1 aliphatic rings. The van der Waals surface area contributed by atoms with Crippen LogP contribution in [0.5, 0.6) is 0 Å². The van der Waals surface area contributed by atoms with E-state index in [-0.39, 0.29) is 24.6 Å². The molecule has 25 heavy (non-hydrogen) atoms. The summed E-state index contributed by atoms with van der Waals surface area (Å²) in [7, 11) is 0. The Morgan fingerprint density at radius 1 is 1.32 bits per heavy atom. The first-order valence-electron chi connectivity index (χ1n) is 8.69. The zero-order valence-electron chi connectivity index (χ0n) is 14.5. The maximum atomic E-state index is 12.1. The molecule has 0 aliphatic heterocycles. The van der Waals surface area contributed by atoms with Crippen LogP contribution in [0, 0.1) is 5.92 Å². The van der Waals surface area contributed by atoms with E-state index < -0.39 is 0 Å². The molecule has 2 amide bonds. The molecule has 0 spiro atoms. The van der Waals surface area contributed by atoms with Gasteiger partial charge in [-0.25, -0.2) is 4.79 Å². The Morgan fingerprint density at radius 3 is 2.60 bits per heavy atom. The molecule has 7 nitrogen and oxygen atoms in total. The van der Waals surface area contributed by atoms with Crippen LogP contribution in [0.1, 0.15) is 44.9 Å². The number of carbonyl (C=O) groups is 1. The van der Waals surface area contributed by atoms with Gasteiger partial charge in [-0.1, -0.05) is 19.0 Å². The highest BCUT2D eigenvalue weighted by Crippen LogP contribution is 2.34. The third kappa shape index (κ3) is 4.57. The molecule has 1 saturated carbocycles. The molecule has 1 heterocycles. The molecule has 1 aromatic carbocycles. The van der Waals surface area contributed by atoms with Crippen molar-refractivity contribution in [2.24, 2.45) is 5.92 Å². The molecular formula is C18H24N4O3. The number of hydrogen-bond donors (Lipinski definition) is 3. The van der Waals surface area contributed by atoms with Gasteiger partial charge in [-0.3, -0.25) is 0 Å². The van der Waals surface area contributed by atoms with Gasteiger partial charge in [0.15, 0.2) is 5.82 Å². The number of nitrogens with zero attached hydrogens (tertiary/aromatic N) is 2. The third-order valence-corrected chi connectivity index (χ3v) is 4.30. The van der Waals surface area contributed by atoms with Crippen molar-refractivity contribution in [2.45, 2.75) is 45.1 Å². The number of anilines is 1. The molecular weight excluding hydrogens is 320 g/mol. The van der Waals surface area contributed by atoms with Crippen molar-refractivity contribution in [1.82, 2.24) is 15.5 Å². The highest BCUT2D eigenvalue weighted by atomic mass is 16.5. The summed E-state index contributed by atoms with van der Waals surface area (Å²) in [6, 6.07) is 7.05. The summed E-state index contributed by atoms with van der Waals surface area (Å²) in [5, 5.41) is 18.8. The number of aliphatic hydroxyl groups excluding tert-OH is 1. The molecule has 7 heteroatoms. The Bertz CT molecular complexity index is 707. The van der Waals surface area contributed by atoms with Crippen molar-refractivity contribution >= 4 is 11.7 Å². The highest BCUT2D eigenvalue weighted by molar-refractivity contribution is 5.89. The second-order valence-corrected chi connectivity index (χ2v) is 6.74. The molecule has 1 aliphatic carbocycles. The van der Waals surface area contributed by atoms with E-state index in [9.17, 15) is 4.79 Å². The topological polar surface area (TPSA) is 100 Å². The van der Waals surface area contributed by atoms with E-state index in [4.69, 9.17) is 9.63 Å². The number of benzene rings is 1. The van der Waals surface area contributed by atoms with Gasteiger partial charge < -0.3 is 20.3 Å². The maximum absolute atomic E-state index is 12.1. The first-order valence-corrected chi connectivity index (χ1v) is 8.69. The highest BCUT2D eigenvalue weighted by Gasteiger charge is 2.31. The fourth-order valence-corrected chi connectivity index (χ4v) is 2.68. The first kappa shape index (κ1) is 17.4. The number of amides is 2. The van der Waals surface area contributed by atoms with Crippen LogP contribution in [0.4, 0.5) is 10.5 Å². The summed E-state index contributed by atoms with van der Waals surface area (Å²) in [4.78, 5) is 16.5. The largest absolute Gasteiger partial charge is 0.396 e. The van der Waals surface area contributed by atoms with Gasteiger partial charge in [0.25, 0.3) is 5.89 Å². The smallest absolute Gasteiger partial charge is 0.319 e. The number of aliphatic hydroxyl groups is 1. The molecule has 0 saturated heterocycles. The van der Waals surface area contributed by atoms with Gasteiger partial charge in [-0.05, 0) is 49.4 Å². The van der Waals surface area contributed by atoms with Crippen LogP contribution in [0.2, 0.25) is 0 Å². The standard InChI is InChI=1S/C18H24N4O3/c1-11(2)16-21-17(25-22-16)13-5-7-14(8-6-13)19-18(24)20-15(9-10-23)12-3-4-12/h5-8,11-12,15,23H,3-4,9-10H2,1-2H3,(H2,19,20,24)/t15-/m1/s1. The van der Waals surface area contributed by atoms with Crippen LogP contribution in [-0.2, 0) is 0 Å². The SMILES string of the molecule is CC(C)c1noc(-c2ccc(NC(=O)N[C@H](CCO)C3CC3)cc2)n1. The minimum atomic E-state index is -0.252. The Kier molecular flexibility index (Phi) is 5.33. The Hall–Kier alpha value is -2.41. The van der Waals surface area contributed by atoms with Gasteiger partial charge >= 0.3 is 6.03 Å². The van der Waals surface area contributed by atoms with Crippen molar-refractivity contribution in [3.63, 3.8) is 0 Å². The van der Waals surface area contributed by atoms with Crippen LogP contribution in [0.15, 0.2) is 28.8 Å². The number of nitrogens with one attached hydrogen (secondary N) is 2. The van der Waals surface area contributed by atoms with Crippen LogP contribution < -0.4 is 10.6 Å². The molecule has 134 valence electrons. The lowest BCUT2D eigenvalue weighted by molar-refractivity contribution is 0.234. The minimum Gasteiger partial charge on any atom is -0.396 e. The molecule has 3 N–H and O–H groups in total. The van der Waals surface area contributed by atoms with Gasteiger partial charge in [-0.2, -0.15) is 4.98 Å². The van der Waals surface area contributed by atoms with Gasteiger partial charge in [0.05, 0.1) is 0 Å². The van der Waals surface area contributed by atoms with Gasteiger partial charge in [0, 0.05) is 29.8 Å². The molecule has 1 atom stereocenters. The Balaban J connectivity index is 1.59. The fraction of sp³-hybridized carbons (Fsp3) is 0.500. The van der Waals surface area contributed by atoms with E-state index in [1.165, 1.54) is 0 Å². The van der Waals surface area contributed by atoms with Crippen molar-refractivity contribution in [3.8, 4) is 11.5 Å². The predicted octanol–water partition coefficient (Wildman–Crippen LogP) is 3.14. The maximum Gasteiger partial charge on any atom is 0.319 e. The summed E-state index contributed by atoms with van der Waals surface area (Å²) in [6.07, 6.45) is 2.82. The Labute approximate surface area is 146 Å². The van der Waals surface area contributed by atoms with Crippen LogP contribution >= 0.6 is 0 Å².